The Balaban J connectivity index is 2.11. The van der Waals surface area contributed by atoms with Gasteiger partial charge in [-0.25, -0.2) is 9.37 Å². The summed E-state index contributed by atoms with van der Waals surface area (Å²) in [7, 11) is 0. The Labute approximate surface area is 143 Å². The first-order chi connectivity index (χ1) is 11.8. The van der Waals surface area contributed by atoms with E-state index in [9.17, 15) is 27.9 Å². The molecule has 0 saturated carbocycles. The maximum Gasteiger partial charge on any atom is 0.416 e. The van der Waals surface area contributed by atoms with Crippen LogP contribution in [0.1, 0.15) is 16.1 Å². The zero-order valence-electron chi connectivity index (χ0n) is 12.3. The minimum atomic E-state index is -4.50. The van der Waals surface area contributed by atoms with Gasteiger partial charge < -0.3 is 5.11 Å². The number of thiazole rings is 1. The first kappa shape index (κ1) is 16.9. The lowest BCUT2D eigenvalue weighted by Crippen LogP contribution is -2.03. The fourth-order valence-corrected chi connectivity index (χ4v) is 3.11. The highest BCUT2D eigenvalue weighted by atomic mass is 32.1. The maximum absolute atomic E-state index is 13.0. The summed E-state index contributed by atoms with van der Waals surface area (Å²) in [5, 5.41) is 19.7. The number of allylic oxidation sites excluding steroid dienone is 1. The first-order valence-electron chi connectivity index (χ1n) is 6.87. The molecular formula is C17H8F4N2OS. The monoisotopic (exact) mass is 364 g/mol. The van der Waals surface area contributed by atoms with Gasteiger partial charge >= 0.3 is 6.18 Å². The Hall–Kier alpha value is -2.92. The van der Waals surface area contributed by atoms with Crippen LogP contribution in [0.15, 0.2) is 42.5 Å². The number of aromatic nitrogens is 1. The lowest BCUT2D eigenvalue weighted by Gasteiger charge is -2.04. The van der Waals surface area contributed by atoms with Crippen LogP contribution in [0.4, 0.5) is 17.6 Å². The Kier molecular flexibility index (Phi) is 4.18. The normalized spacial score (nSPS) is 12.8. The summed E-state index contributed by atoms with van der Waals surface area (Å²) in [5.41, 5.74) is -0.758. The summed E-state index contributed by atoms with van der Waals surface area (Å²) in [5.74, 6) is -0.924. The largest absolute Gasteiger partial charge is 0.506 e. The molecule has 0 aliphatic heterocycles. The van der Waals surface area contributed by atoms with Gasteiger partial charge in [-0.05, 0) is 42.5 Å². The van der Waals surface area contributed by atoms with Crippen LogP contribution in [0.5, 0.6) is 0 Å². The van der Waals surface area contributed by atoms with Gasteiger partial charge in [0, 0.05) is 5.56 Å². The molecular weight excluding hydrogens is 356 g/mol. The van der Waals surface area contributed by atoms with E-state index in [1.807, 2.05) is 0 Å². The van der Waals surface area contributed by atoms with Crippen LogP contribution in [0.2, 0.25) is 0 Å². The number of rotatable bonds is 2. The Morgan fingerprint density at radius 1 is 1.12 bits per heavy atom. The van der Waals surface area contributed by atoms with Crippen LogP contribution in [0.25, 0.3) is 21.5 Å². The molecule has 0 fully saturated rings. The molecule has 0 spiro atoms. The number of nitrogens with zero attached hydrogens (tertiary/aromatic N) is 2. The zero-order chi connectivity index (χ0) is 18.2. The van der Waals surface area contributed by atoms with Crippen molar-refractivity contribution < 1.29 is 22.7 Å². The highest BCUT2D eigenvalue weighted by Gasteiger charge is 2.31. The summed E-state index contributed by atoms with van der Waals surface area (Å²) in [4.78, 5) is 4.03. The van der Waals surface area contributed by atoms with Gasteiger partial charge in [-0.2, -0.15) is 18.4 Å². The Bertz CT molecular complexity index is 1010. The van der Waals surface area contributed by atoms with Gasteiger partial charge in [-0.3, -0.25) is 0 Å². The molecule has 2 aromatic carbocycles. The predicted octanol–water partition coefficient (Wildman–Crippen LogP) is 5.40. The molecule has 0 saturated heterocycles. The van der Waals surface area contributed by atoms with E-state index in [1.54, 1.807) is 6.07 Å². The van der Waals surface area contributed by atoms with Crippen molar-refractivity contribution in [3.63, 3.8) is 0 Å². The highest BCUT2D eigenvalue weighted by molar-refractivity contribution is 7.19. The molecule has 0 aliphatic carbocycles. The summed E-state index contributed by atoms with van der Waals surface area (Å²) < 4.78 is 51.7. The zero-order valence-corrected chi connectivity index (χ0v) is 13.1. The minimum absolute atomic E-state index is 0.0782. The number of hydrogen-bond donors (Lipinski definition) is 1. The average Bonchev–Trinajstić information content (AvgIpc) is 2.98. The molecule has 0 atom stereocenters. The van der Waals surface area contributed by atoms with Crippen molar-refractivity contribution in [2.75, 3.05) is 0 Å². The van der Waals surface area contributed by atoms with E-state index in [4.69, 9.17) is 0 Å². The molecule has 0 bridgehead atoms. The molecule has 0 unspecified atom stereocenters. The van der Waals surface area contributed by atoms with Crippen molar-refractivity contribution in [3.8, 4) is 6.07 Å². The van der Waals surface area contributed by atoms with Crippen LogP contribution >= 0.6 is 11.3 Å². The molecule has 0 amide bonds. The Morgan fingerprint density at radius 3 is 2.40 bits per heavy atom. The van der Waals surface area contributed by atoms with Crippen molar-refractivity contribution in [2.45, 2.75) is 6.18 Å². The van der Waals surface area contributed by atoms with E-state index in [1.165, 1.54) is 18.2 Å². The van der Waals surface area contributed by atoms with Crippen LogP contribution in [-0.4, -0.2) is 10.1 Å². The minimum Gasteiger partial charge on any atom is -0.506 e. The van der Waals surface area contributed by atoms with E-state index in [0.29, 0.717) is 4.70 Å². The summed E-state index contributed by atoms with van der Waals surface area (Å²) in [6.45, 7) is 0. The van der Waals surface area contributed by atoms with Crippen molar-refractivity contribution in [3.05, 3.63) is 64.4 Å². The Morgan fingerprint density at radius 2 is 1.80 bits per heavy atom. The molecule has 1 aromatic heterocycles. The summed E-state index contributed by atoms with van der Waals surface area (Å²) >= 11 is 0.983. The quantitative estimate of drug-likeness (QED) is 0.376. The number of fused-ring (bicyclic) bond motifs is 1. The maximum atomic E-state index is 13.0. The summed E-state index contributed by atoms with van der Waals surface area (Å²) in [6, 6.07) is 9.70. The second kappa shape index (κ2) is 6.18. The van der Waals surface area contributed by atoms with Crippen LogP contribution in [-0.2, 0) is 6.18 Å². The van der Waals surface area contributed by atoms with Gasteiger partial charge in [0.25, 0.3) is 0 Å². The van der Waals surface area contributed by atoms with E-state index in [-0.39, 0.29) is 21.7 Å². The lowest BCUT2D eigenvalue weighted by molar-refractivity contribution is -0.137. The predicted molar refractivity (Wildman–Crippen MR) is 86.1 cm³/mol. The molecule has 1 N–H and O–H groups in total. The van der Waals surface area contributed by atoms with Gasteiger partial charge in [0.1, 0.15) is 28.2 Å². The number of benzene rings is 2. The number of alkyl halides is 3. The summed E-state index contributed by atoms with van der Waals surface area (Å²) in [6.07, 6.45) is -4.50. The molecule has 3 aromatic rings. The standard InChI is InChI=1S/C17H8F4N2OS/c18-11-4-1-9(2-5-11)15(24)12(8-22)16-23-13-7-10(17(19,20)21)3-6-14(13)25-16/h1-7,24H/b15-12-. The number of aliphatic hydroxyl groups is 1. The van der Waals surface area contributed by atoms with E-state index in [0.717, 1.165) is 35.6 Å². The van der Waals surface area contributed by atoms with E-state index < -0.39 is 23.3 Å². The number of nitriles is 1. The van der Waals surface area contributed by atoms with Crippen LogP contribution in [0.3, 0.4) is 0 Å². The van der Waals surface area contributed by atoms with Gasteiger partial charge in [-0.15, -0.1) is 11.3 Å². The fraction of sp³-hybridized carbons (Fsp3) is 0.0588. The average molecular weight is 364 g/mol. The van der Waals surface area contributed by atoms with Gasteiger partial charge in [-0.1, -0.05) is 0 Å². The SMILES string of the molecule is N#C/C(=C(/O)c1ccc(F)cc1)c1nc2cc(C(F)(F)F)ccc2s1. The fourth-order valence-electron chi connectivity index (χ4n) is 2.16. The molecule has 126 valence electrons. The molecule has 0 aliphatic rings. The molecule has 3 rings (SSSR count). The second-order valence-corrected chi connectivity index (χ2v) is 6.07. The number of hydrogen-bond acceptors (Lipinski definition) is 4. The number of halogens is 4. The third-order valence-corrected chi connectivity index (χ3v) is 4.45. The van der Waals surface area contributed by atoms with Gasteiger partial charge in [0.2, 0.25) is 0 Å². The topological polar surface area (TPSA) is 56.9 Å². The third kappa shape index (κ3) is 3.32. The molecule has 3 nitrogen and oxygen atoms in total. The molecule has 8 heteroatoms. The van der Waals surface area contributed by atoms with Crippen molar-refractivity contribution in [1.29, 1.82) is 5.26 Å². The van der Waals surface area contributed by atoms with Crippen molar-refractivity contribution in [1.82, 2.24) is 4.98 Å². The second-order valence-electron chi connectivity index (χ2n) is 5.04. The highest BCUT2D eigenvalue weighted by Crippen LogP contribution is 2.35. The lowest BCUT2D eigenvalue weighted by atomic mass is 10.1. The smallest absolute Gasteiger partial charge is 0.416 e. The van der Waals surface area contributed by atoms with Crippen LogP contribution in [0, 0.1) is 17.1 Å². The van der Waals surface area contributed by atoms with E-state index in [2.05, 4.69) is 4.98 Å². The molecule has 25 heavy (non-hydrogen) atoms. The third-order valence-electron chi connectivity index (χ3n) is 3.40. The number of aliphatic hydroxyl groups excluding tert-OH is 1. The van der Waals surface area contributed by atoms with Gasteiger partial charge in [0.05, 0.1) is 15.8 Å². The van der Waals surface area contributed by atoms with E-state index >= 15 is 0 Å². The molecule has 1 heterocycles. The van der Waals surface area contributed by atoms with Crippen molar-refractivity contribution in [2.24, 2.45) is 0 Å². The first-order valence-corrected chi connectivity index (χ1v) is 7.68. The molecule has 0 radical (unpaired) electrons. The van der Waals surface area contributed by atoms with Crippen LogP contribution < -0.4 is 0 Å². The van der Waals surface area contributed by atoms with Gasteiger partial charge in [0.15, 0.2) is 0 Å². The van der Waals surface area contributed by atoms with Crippen molar-refractivity contribution >= 4 is 32.9 Å².